The number of amides is 1. The van der Waals surface area contributed by atoms with E-state index in [-0.39, 0.29) is 17.4 Å². The maximum atomic E-state index is 14.0. The van der Waals surface area contributed by atoms with Gasteiger partial charge in [0.1, 0.15) is 11.5 Å². The third-order valence-corrected chi connectivity index (χ3v) is 9.81. The summed E-state index contributed by atoms with van der Waals surface area (Å²) in [6.45, 7) is 0.826. The maximum absolute atomic E-state index is 14.0. The van der Waals surface area contributed by atoms with Gasteiger partial charge in [0.05, 0.1) is 10.8 Å². The molecule has 11 heteroatoms. The van der Waals surface area contributed by atoms with Crippen LogP contribution in [0.2, 0.25) is 5.02 Å². The molecule has 5 rings (SSSR count). The molecule has 0 radical (unpaired) electrons. The lowest BCUT2D eigenvalue weighted by Gasteiger charge is -2.30. The fraction of sp³-hybridized carbons (Fsp3) is 0.250. The number of halogens is 2. The highest BCUT2D eigenvalue weighted by atomic mass is 35.5. The molecule has 202 valence electrons. The fourth-order valence-electron chi connectivity index (χ4n) is 4.55. The molecule has 0 bridgehead atoms. The smallest absolute Gasteiger partial charge is 0.275 e. The van der Waals surface area contributed by atoms with Crippen LogP contribution in [0.25, 0.3) is 11.1 Å². The van der Waals surface area contributed by atoms with E-state index in [4.69, 9.17) is 11.6 Å². The first-order valence-electron chi connectivity index (χ1n) is 12.5. The number of thiazole rings is 1. The van der Waals surface area contributed by atoms with E-state index in [1.807, 2.05) is 12.1 Å². The van der Waals surface area contributed by atoms with E-state index in [0.717, 1.165) is 16.3 Å². The number of benzene rings is 2. The standard InChI is InChI=1S/C28H26ClFN4O3S2/c29-21-6-4-19(5-7-21)24-17-22(30)8-9-25(24)32-27(35)26-18-38-28(33-26)20-10-14-34(15-11-20)39(36,37)16-12-23-3-1-2-13-31-23/h1-9,13,17-18,20H,10-12,14-16H2,(H,32,35). The highest BCUT2D eigenvalue weighted by molar-refractivity contribution is 7.89. The zero-order valence-corrected chi connectivity index (χ0v) is 23.3. The molecule has 7 nitrogen and oxygen atoms in total. The molecule has 1 amide bonds. The Bertz CT molecular complexity index is 1560. The number of aromatic nitrogens is 2. The number of piperidine rings is 1. The average Bonchev–Trinajstić information content (AvgIpc) is 3.45. The maximum Gasteiger partial charge on any atom is 0.275 e. The molecule has 0 aliphatic carbocycles. The number of hydrogen-bond acceptors (Lipinski definition) is 6. The molecule has 0 spiro atoms. The molecule has 1 fully saturated rings. The largest absolute Gasteiger partial charge is 0.320 e. The molecule has 0 atom stereocenters. The lowest BCUT2D eigenvalue weighted by Crippen LogP contribution is -2.39. The molecule has 1 aliphatic heterocycles. The van der Waals surface area contributed by atoms with Gasteiger partial charge in [-0.1, -0.05) is 29.8 Å². The molecule has 0 unspecified atom stereocenters. The SMILES string of the molecule is O=C(Nc1ccc(F)cc1-c1ccc(Cl)cc1)c1csc(C2CCN(S(=O)(=O)CCc3ccccn3)CC2)n1. The number of sulfonamides is 1. The van der Waals surface area contributed by atoms with Crippen LogP contribution in [0.1, 0.15) is 39.9 Å². The summed E-state index contributed by atoms with van der Waals surface area (Å²) in [5, 5.41) is 5.92. The second-order valence-corrected chi connectivity index (χ2v) is 12.7. The lowest BCUT2D eigenvalue weighted by molar-refractivity contribution is 0.102. The van der Waals surface area contributed by atoms with Crippen molar-refractivity contribution in [1.29, 1.82) is 0 Å². The molecule has 1 N–H and O–H groups in total. The van der Waals surface area contributed by atoms with E-state index in [2.05, 4.69) is 15.3 Å². The molecule has 1 aliphatic rings. The average molecular weight is 585 g/mol. The van der Waals surface area contributed by atoms with Gasteiger partial charge in [0.15, 0.2) is 0 Å². The van der Waals surface area contributed by atoms with Gasteiger partial charge in [-0.3, -0.25) is 9.78 Å². The van der Waals surface area contributed by atoms with Gasteiger partial charge in [0.25, 0.3) is 5.91 Å². The number of carbonyl (C=O) groups is 1. The molecular weight excluding hydrogens is 559 g/mol. The Hall–Kier alpha value is -3.18. The van der Waals surface area contributed by atoms with Crippen molar-refractivity contribution >= 4 is 44.6 Å². The van der Waals surface area contributed by atoms with Crippen LogP contribution in [0.4, 0.5) is 10.1 Å². The number of hydrogen-bond donors (Lipinski definition) is 1. The van der Waals surface area contributed by atoms with E-state index in [9.17, 15) is 17.6 Å². The Morgan fingerprint density at radius 3 is 2.59 bits per heavy atom. The van der Waals surface area contributed by atoms with Crippen LogP contribution in [-0.2, 0) is 16.4 Å². The lowest BCUT2D eigenvalue weighted by atomic mass is 9.99. The number of carbonyl (C=O) groups excluding carboxylic acids is 1. The van der Waals surface area contributed by atoms with Gasteiger partial charge in [-0.15, -0.1) is 11.3 Å². The summed E-state index contributed by atoms with van der Waals surface area (Å²) in [6, 6.07) is 16.6. The van der Waals surface area contributed by atoms with E-state index >= 15 is 0 Å². The van der Waals surface area contributed by atoms with Crippen molar-refractivity contribution in [2.75, 3.05) is 24.2 Å². The topological polar surface area (TPSA) is 92.3 Å². The second kappa shape index (κ2) is 11.9. The van der Waals surface area contributed by atoms with Gasteiger partial charge in [-0.05, 0) is 60.9 Å². The van der Waals surface area contributed by atoms with Crippen molar-refractivity contribution in [2.45, 2.75) is 25.2 Å². The first kappa shape index (κ1) is 27.4. The third kappa shape index (κ3) is 6.70. The van der Waals surface area contributed by atoms with Gasteiger partial charge in [0.2, 0.25) is 10.0 Å². The summed E-state index contributed by atoms with van der Waals surface area (Å²) < 4.78 is 41.2. The summed E-state index contributed by atoms with van der Waals surface area (Å²) in [4.78, 5) is 21.8. The van der Waals surface area contributed by atoms with Crippen molar-refractivity contribution in [3.63, 3.8) is 0 Å². The molecule has 39 heavy (non-hydrogen) atoms. The van der Waals surface area contributed by atoms with E-state index in [1.165, 1.54) is 29.5 Å². The van der Waals surface area contributed by atoms with Crippen LogP contribution >= 0.6 is 22.9 Å². The summed E-state index contributed by atoms with van der Waals surface area (Å²) in [7, 11) is -3.38. The molecule has 4 aromatic rings. The van der Waals surface area contributed by atoms with Crippen molar-refractivity contribution in [1.82, 2.24) is 14.3 Å². The third-order valence-electron chi connectivity index (χ3n) is 6.68. The van der Waals surface area contributed by atoms with Gasteiger partial charge in [-0.25, -0.2) is 22.1 Å². The van der Waals surface area contributed by atoms with E-state index < -0.39 is 21.7 Å². The van der Waals surface area contributed by atoms with Crippen molar-refractivity contribution < 1.29 is 17.6 Å². The highest BCUT2D eigenvalue weighted by Gasteiger charge is 2.30. The second-order valence-electron chi connectivity index (χ2n) is 9.28. The minimum absolute atomic E-state index is 0.0254. The van der Waals surface area contributed by atoms with Crippen LogP contribution in [0, 0.1) is 5.82 Å². The van der Waals surface area contributed by atoms with Crippen LogP contribution in [-0.4, -0.2) is 47.4 Å². The van der Waals surface area contributed by atoms with Gasteiger partial charge in [-0.2, -0.15) is 0 Å². The molecule has 0 saturated carbocycles. The first-order valence-corrected chi connectivity index (χ1v) is 15.4. The van der Waals surface area contributed by atoms with Crippen molar-refractivity contribution in [3.05, 3.63) is 99.5 Å². The molecule has 2 aromatic heterocycles. The summed E-state index contributed by atoms with van der Waals surface area (Å²) in [5.41, 5.74) is 2.74. The Balaban J connectivity index is 1.21. The Morgan fingerprint density at radius 2 is 1.87 bits per heavy atom. The highest BCUT2D eigenvalue weighted by Crippen LogP contribution is 2.33. The van der Waals surface area contributed by atoms with Crippen molar-refractivity contribution in [2.24, 2.45) is 0 Å². The fourth-order valence-corrected chi connectivity index (χ4v) is 7.14. The summed E-state index contributed by atoms with van der Waals surface area (Å²) >= 11 is 7.38. The van der Waals surface area contributed by atoms with E-state index in [1.54, 1.807) is 46.2 Å². The normalized spacial score (nSPS) is 14.8. The quantitative estimate of drug-likeness (QED) is 0.274. The number of anilines is 1. The molecule has 1 saturated heterocycles. The van der Waals surface area contributed by atoms with Gasteiger partial charge >= 0.3 is 0 Å². The number of aryl methyl sites for hydroxylation is 1. The predicted molar refractivity (Wildman–Crippen MR) is 152 cm³/mol. The van der Waals surface area contributed by atoms with Crippen molar-refractivity contribution in [3.8, 4) is 11.1 Å². The summed E-state index contributed by atoms with van der Waals surface area (Å²) in [5.74, 6) is -0.709. The van der Waals surface area contributed by atoms with Crippen LogP contribution < -0.4 is 5.32 Å². The molecule has 3 heterocycles. The van der Waals surface area contributed by atoms with E-state index in [0.29, 0.717) is 48.6 Å². The number of pyridine rings is 1. The Morgan fingerprint density at radius 1 is 1.10 bits per heavy atom. The van der Waals surface area contributed by atoms with Gasteiger partial charge < -0.3 is 5.32 Å². The van der Waals surface area contributed by atoms with Crippen LogP contribution in [0.3, 0.4) is 0 Å². The number of nitrogens with one attached hydrogen (secondary N) is 1. The molecular formula is C28H26ClFN4O3S2. The molecule has 2 aromatic carbocycles. The first-order chi connectivity index (χ1) is 18.8. The van der Waals surface area contributed by atoms with Crippen LogP contribution in [0.15, 0.2) is 72.2 Å². The predicted octanol–water partition coefficient (Wildman–Crippen LogP) is 6.00. The van der Waals surface area contributed by atoms with Gasteiger partial charge in [0, 0.05) is 59.0 Å². The minimum Gasteiger partial charge on any atom is -0.320 e. The zero-order chi connectivity index (χ0) is 27.4. The zero-order valence-electron chi connectivity index (χ0n) is 20.9. The Labute approximate surface area is 235 Å². The monoisotopic (exact) mass is 584 g/mol. The Kier molecular flexibility index (Phi) is 8.37. The number of nitrogens with zero attached hydrogens (tertiary/aromatic N) is 3. The number of rotatable bonds is 8. The minimum atomic E-state index is -3.38. The summed E-state index contributed by atoms with van der Waals surface area (Å²) in [6.07, 6.45) is 3.31. The van der Waals surface area contributed by atoms with Crippen LogP contribution in [0.5, 0.6) is 0 Å².